The second-order valence-corrected chi connectivity index (χ2v) is 10.1. The summed E-state index contributed by atoms with van der Waals surface area (Å²) < 4.78 is 0. The van der Waals surface area contributed by atoms with E-state index in [1.54, 1.807) is 0 Å². The molecule has 0 bridgehead atoms. The maximum Gasteiger partial charge on any atom is 0.326 e. The molecule has 2 rings (SSSR count). The monoisotopic (exact) mass is 632 g/mol. The molecule has 0 fully saturated rings. The average molecular weight is 633 g/mol. The van der Waals surface area contributed by atoms with Crippen molar-refractivity contribution < 1.29 is 48.9 Å². The van der Waals surface area contributed by atoms with E-state index >= 15 is 0 Å². The van der Waals surface area contributed by atoms with Gasteiger partial charge in [0.25, 0.3) is 0 Å². The molecule has 1 heterocycles. The van der Waals surface area contributed by atoms with Gasteiger partial charge in [0.05, 0.1) is 18.8 Å². The Morgan fingerprint density at radius 3 is 1.84 bits per heavy atom. The van der Waals surface area contributed by atoms with Crippen LogP contribution in [0.3, 0.4) is 0 Å². The number of rotatable bonds is 18. The van der Waals surface area contributed by atoms with E-state index in [4.69, 9.17) is 16.6 Å². The number of phenolic OH excluding ortho intramolecular Hbond substituents is 1. The molecule has 0 aliphatic rings. The molecule has 0 radical (unpaired) electrons. The number of hydrogen-bond donors (Lipinski definition) is 10. The lowest BCUT2D eigenvalue weighted by atomic mass is 10.0. The van der Waals surface area contributed by atoms with E-state index in [1.165, 1.54) is 43.7 Å². The number of primary amides is 1. The summed E-state index contributed by atoms with van der Waals surface area (Å²) in [6, 6.07) is -1.40. The summed E-state index contributed by atoms with van der Waals surface area (Å²) in [5, 5.41) is 37.6. The average Bonchev–Trinajstić information content (AvgIpc) is 3.47. The first kappa shape index (κ1) is 35.7. The van der Waals surface area contributed by atoms with Gasteiger partial charge in [-0.15, -0.1) is 0 Å². The third kappa shape index (κ3) is 12.3. The predicted octanol–water partition coefficient (Wildman–Crippen LogP) is -2.99. The number of carboxylic acids is 2. The van der Waals surface area contributed by atoms with Crippen molar-refractivity contribution in [3.05, 3.63) is 48.0 Å². The number of phenols is 1. The van der Waals surface area contributed by atoms with E-state index in [0.29, 0.717) is 11.3 Å². The number of nitrogens with zero attached hydrogens (tertiary/aromatic N) is 1. The number of aliphatic carboxylic acids is 2. The van der Waals surface area contributed by atoms with Crippen LogP contribution in [-0.2, 0) is 46.4 Å². The zero-order chi connectivity index (χ0) is 33.7. The molecular weight excluding hydrogens is 596 g/mol. The lowest BCUT2D eigenvalue weighted by molar-refractivity contribution is -0.143. The van der Waals surface area contributed by atoms with E-state index in [9.17, 15) is 43.8 Å². The fourth-order valence-corrected chi connectivity index (χ4v) is 3.96. The number of nitrogens with two attached hydrogens (primary N) is 2. The highest BCUT2D eigenvalue weighted by molar-refractivity contribution is 5.96. The number of carboxylic acid groups (broad SMARTS) is 2. The van der Waals surface area contributed by atoms with Gasteiger partial charge in [0.2, 0.25) is 29.5 Å². The molecule has 1 aromatic carbocycles. The van der Waals surface area contributed by atoms with Crippen LogP contribution in [0.25, 0.3) is 0 Å². The zero-order valence-electron chi connectivity index (χ0n) is 24.2. The number of benzene rings is 1. The van der Waals surface area contributed by atoms with Crippen molar-refractivity contribution in [1.29, 1.82) is 0 Å². The van der Waals surface area contributed by atoms with Crippen LogP contribution in [0.5, 0.6) is 5.75 Å². The minimum Gasteiger partial charge on any atom is -0.508 e. The van der Waals surface area contributed by atoms with E-state index in [1.807, 2.05) is 0 Å². The maximum absolute atomic E-state index is 13.6. The molecule has 5 amide bonds. The van der Waals surface area contributed by atoms with Gasteiger partial charge in [-0.05, 0) is 31.0 Å². The number of hydrogen-bond acceptors (Lipinski definition) is 10. The first-order chi connectivity index (χ1) is 21.2. The Kier molecular flexibility index (Phi) is 13.4. The molecule has 18 heteroatoms. The van der Waals surface area contributed by atoms with Crippen LogP contribution in [-0.4, -0.2) is 97.0 Å². The van der Waals surface area contributed by atoms with Gasteiger partial charge in [0, 0.05) is 31.2 Å². The molecular formula is C27H36N8O10. The summed E-state index contributed by atoms with van der Waals surface area (Å²) in [4.78, 5) is 93.0. The minimum absolute atomic E-state index is 0.0728. The number of aromatic nitrogens is 2. The number of nitrogens with one attached hydrogen (secondary N) is 5. The Hall–Kier alpha value is -5.52. The molecule has 0 saturated heterocycles. The Labute approximate surface area is 256 Å². The van der Waals surface area contributed by atoms with Gasteiger partial charge in [0.1, 0.15) is 29.9 Å². The lowest BCUT2D eigenvalue weighted by Gasteiger charge is -2.26. The van der Waals surface area contributed by atoms with Gasteiger partial charge in [-0.2, -0.15) is 0 Å². The van der Waals surface area contributed by atoms with Crippen molar-refractivity contribution in [3.63, 3.8) is 0 Å². The van der Waals surface area contributed by atoms with Crippen LogP contribution in [0.15, 0.2) is 36.8 Å². The van der Waals surface area contributed by atoms with Crippen LogP contribution in [0.1, 0.15) is 37.4 Å². The molecule has 0 aliphatic carbocycles. The van der Waals surface area contributed by atoms with E-state index in [0.717, 1.165) is 0 Å². The summed E-state index contributed by atoms with van der Waals surface area (Å²) in [6.45, 7) is 1.35. The highest BCUT2D eigenvalue weighted by Crippen LogP contribution is 2.13. The maximum atomic E-state index is 13.6. The summed E-state index contributed by atoms with van der Waals surface area (Å²) in [5.74, 6) is -7.46. The number of carbonyl (C=O) groups excluding carboxylic acids is 5. The number of amides is 5. The number of H-pyrrole nitrogens is 1. The normalized spacial score (nSPS) is 14.1. The predicted molar refractivity (Wildman–Crippen MR) is 154 cm³/mol. The van der Waals surface area contributed by atoms with Crippen molar-refractivity contribution >= 4 is 41.5 Å². The van der Waals surface area contributed by atoms with Crippen molar-refractivity contribution in [2.24, 2.45) is 11.5 Å². The molecule has 0 spiro atoms. The second kappa shape index (κ2) is 16.9. The highest BCUT2D eigenvalue weighted by Gasteiger charge is 2.32. The Morgan fingerprint density at radius 2 is 1.36 bits per heavy atom. The summed E-state index contributed by atoms with van der Waals surface area (Å²) in [7, 11) is 0. The summed E-state index contributed by atoms with van der Waals surface area (Å²) in [6.07, 6.45) is 0.684. The first-order valence-corrected chi connectivity index (χ1v) is 13.6. The lowest BCUT2D eigenvalue weighted by Crippen LogP contribution is -2.59. The van der Waals surface area contributed by atoms with Crippen molar-refractivity contribution in [3.8, 4) is 5.75 Å². The molecule has 18 nitrogen and oxygen atoms in total. The largest absolute Gasteiger partial charge is 0.508 e. The Bertz CT molecular complexity index is 1360. The van der Waals surface area contributed by atoms with Gasteiger partial charge in [-0.25, -0.2) is 9.78 Å². The smallest absolute Gasteiger partial charge is 0.326 e. The fraction of sp³-hybridized carbons (Fsp3) is 0.407. The zero-order valence-corrected chi connectivity index (χ0v) is 24.2. The van der Waals surface area contributed by atoms with Crippen molar-refractivity contribution in [2.45, 2.75) is 69.2 Å². The summed E-state index contributed by atoms with van der Waals surface area (Å²) >= 11 is 0. The van der Waals surface area contributed by atoms with Crippen LogP contribution in [0.2, 0.25) is 0 Å². The highest BCUT2D eigenvalue weighted by atomic mass is 16.4. The van der Waals surface area contributed by atoms with Gasteiger partial charge < -0.3 is 53.0 Å². The Morgan fingerprint density at radius 1 is 0.822 bits per heavy atom. The third-order valence-electron chi connectivity index (χ3n) is 6.33. The SMILES string of the molecule is C[C@H](N)C(=O)N[C@@H](CCC(=O)O)C(=O)N[C@@H](Cc1ccc(O)cc1)C(=O)N[C@@H](Cc1cnc[nH]1)C(=O)N[C@@H](CC(N)=O)C(=O)O. The number of carbonyl (C=O) groups is 7. The Balaban J connectivity index is 2.38. The number of aromatic amines is 1. The molecule has 0 unspecified atom stereocenters. The van der Waals surface area contributed by atoms with Crippen LogP contribution < -0.4 is 32.7 Å². The molecule has 0 saturated carbocycles. The van der Waals surface area contributed by atoms with Crippen molar-refractivity contribution in [1.82, 2.24) is 31.2 Å². The quantitative estimate of drug-likeness (QED) is 0.0787. The van der Waals surface area contributed by atoms with Crippen LogP contribution in [0, 0.1) is 0 Å². The van der Waals surface area contributed by atoms with Gasteiger partial charge in [-0.3, -0.25) is 28.8 Å². The minimum atomic E-state index is -1.70. The standard InChI is InChI=1S/C27H36N8O10/c1-13(28)23(40)32-17(6-7-22(38)39)24(41)33-18(8-14-2-4-16(36)5-3-14)25(42)34-19(9-15-11-30-12-31-15)26(43)35-20(27(44)45)10-21(29)37/h2-5,11-13,17-20,36H,6-10,28H2,1H3,(H2,29,37)(H,30,31)(H,32,40)(H,33,41)(H,34,42)(H,35,43)(H,38,39)(H,44,45)/t13-,17-,18-,19-,20-/m0/s1. The number of aromatic hydroxyl groups is 1. The molecule has 244 valence electrons. The fourth-order valence-electron chi connectivity index (χ4n) is 3.96. The molecule has 12 N–H and O–H groups in total. The van der Waals surface area contributed by atoms with Gasteiger partial charge >= 0.3 is 11.9 Å². The van der Waals surface area contributed by atoms with Crippen molar-refractivity contribution in [2.75, 3.05) is 0 Å². The van der Waals surface area contributed by atoms with Crippen LogP contribution in [0.4, 0.5) is 0 Å². The van der Waals surface area contributed by atoms with Gasteiger partial charge in [-0.1, -0.05) is 12.1 Å². The molecule has 2 aromatic rings. The van der Waals surface area contributed by atoms with E-state index < -0.39 is 84.5 Å². The summed E-state index contributed by atoms with van der Waals surface area (Å²) in [5.41, 5.74) is 11.5. The van der Waals surface area contributed by atoms with E-state index in [2.05, 4.69) is 31.2 Å². The van der Waals surface area contributed by atoms with Crippen LogP contribution >= 0.6 is 0 Å². The topological polar surface area (TPSA) is 309 Å². The van der Waals surface area contributed by atoms with E-state index in [-0.39, 0.29) is 25.0 Å². The number of imidazole rings is 1. The molecule has 5 atom stereocenters. The molecule has 0 aliphatic heterocycles. The third-order valence-corrected chi connectivity index (χ3v) is 6.33. The molecule has 45 heavy (non-hydrogen) atoms. The molecule has 1 aromatic heterocycles. The first-order valence-electron chi connectivity index (χ1n) is 13.6. The second-order valence-electron chi connectivity index (χ2n) is 10.1. The van der Waals surface area contributed by atoms with Gasteiger partial charge in [0.15, 0.2) is 0 Å².